The zero-order chi connectivity index (χ0) is 12.1. The fourth-order valence-electron chi connectivity index (χ4n) is 1.18. The van der Waals surface area contributed by atoms with Gasteiger partial charge in [-0.1, -0.05) is 30.8 Å². The first kappa shape index (κ1) is 12.9. The molecule has 0 saturated carbocycles. The Morgan fingerprint density at radius 3 is 2.81 bits per heavy atom. The summed E-state index contributed by atoms with van der Waals surface area (Å²) in [6.07, 6.45) is 1.98. The van der Waals surface area contributed by atoms with E-state index in [1.54, 1.807) is 12.1 Å². The van der Waals surface area contributed by atoms with E-state index in [-0.39, 0.29) is 9.92 Å². The molecule has 5 heteroatoms. The maximum Gasteiger partial charge on any atom is 0.324 e. The van der Waals surface area contributed by atoms with E-state index < -0.39 is 0 Å². The second kappa shape index (κ2) is 5.77. The monoisotopic (exact) mass is 240 g/mol. The molecule has 1 heterocycles. The van der Waals surface area contributed by atoms with Crippen LogP contribution in [0.25, 0.3) is 6.08 Å². The highest BCUT2D eigenvalue weighted by Crippen LogP contribution is 2.25. The first-order chi connectivity index (χ1) is 7.49. The molecule has 0 aliphatic carbocycles. The van der Waals surface area contributed by atoms with Crippen LogP contribution >= 0.6 is 11.3 Å². The lowest BCUT2D eigenvalue weighted by Gasteiger charge is -2.07. The van der Waals surface area contributed by atoms with Gasteiger partial charge in [0.2, 0.25) is 0 Å². The van der Waals surface area contributed by atoms with Crippen molar-refractivity contribution in [2.45, 2.75) is 26.8 Å². The minimum Gasteiger partial charge on any atom is -0.311 e. The molecule has 0 unspecified atom stereocenters. The Labute approximate surface area is 99.1 Å². The lowest BCUT2D eigenvalue weighted by molar-refractivity contribution is -0.380. The van der Waals surface area contributed by atoms with E-state index in [9.17, 15) is 10.1 Å². The van der Waals surface area contributed by atoms with Crippen molar-refractivity contribution < 1.29 is 4.92 Å². The number of rotatable bonds is 5. The van der Waals surface area contributed by atoms with Crippen LogP contribution in [-0.4, -0.2) is 17.5 Å². The van der Waals surface area contributed by atoms with Crippen LogP contribution in [0.3, 0.4) is 0 Å². The van der Waals surface area contributed by atoms with Crippen LogP contribution in [0.4, 0.5) is 5.00 Å². The van der Waals surface area contributed by atoms with Gasteiger partial charge in [0.1, 0.15) is 0 Å². The standard InChI is InChI=1S/C11H16N2O2S/c1-8(2)12-7-9(3)6-10-4-5-11(16-10)13(14)15/h4-6,8,12H,7H2,1-3H3/b9-6+. The van der Waals surface area contributed by atoms with Crippen molar-refractivity contribution >= 4 is 22.4 Å². The maximum absolute atomic E-state index is 10.5. The third kappa shape index (κ3) is 4.12. The van der Waals surface area contributed by atoms with E-state index >= 15 is 0 Å². The van der Waals surface area contributed by atoms with Crippen molar-refractivity contribution in [2.75, 3.05) is 6.54 Å². The van der Waals surface area contributed by atoms with E-state index in [1.165, 1.54) is 16.9 Å². The highest BCUT2D eigenvalue weighted by atomic mass is 32.1. The molecule has 4 nitrogen and oxygen atoms in total. The summed E-state index contributed by atoms with van der Waals surface area (Å²) >= 11 is 1.20. The normalized spacial score (nSPS) is 12.1. The van der Waals surface area contributed by atoms with Crippen LogP contribution in [0, 0.1) is 10.1 Å². The molecule has 0 radical (unpaired) electrons. The number of nitrogens with one attached hydrogen (secondary N) is 1. The Bertz CT molecular complexity index is 396. The molecule has 0 aliphatic rings. The first-order valence-electron chi connectivity index (χ1n) is 5.14. The lowest BCUT2D eigenvalue weighted by atomic mass is 10.2. The minimum absolute atomic E-state index is 0.191. The van der Waals surface area contributed by atoms with Crippen molar-refractivity contribution in [3.05, 3.63) is 32.7 Å². The van der Waals surface area contributed by atoms with Gasteiger partial charge in [-0.05, 0) is 19.1 Å². The topological polar surface area (TPSA) is 55.2 Å². The van der Waals surface area contributed by atoms with Gasteiger partial charge in [-0.3, -0.25) is 10.1 Å². The molecule has 16 heavy (non-hydrogen) atoms. The van der Waals surface area contributed by atoms with E-state index in [0.29, 0.717) is 6.04 Å². The third-order valence-electron chi connectivity index (χ3n) is 1.97. The van der Waals surface area contributed by atoms with E-state index in [4.69, 9.17) is 0 Å². The Morgan fingerprint density at radius 2 is 2.31 bits per heavy atom. The number of nitrogens with zero attached hydrogens (tertiary/aromatic N) is 1. The summed E-state index contributed by atoms with van der Waals surface area (Å²) in [5.41, 5.74) is 1.17. The van der Waals surface area contributed by atoms with Gasteiger partial charge in [0.05, 0.1) is 4.92 Å². The molecule has 1 rings (SSSR count). The smallest absolute Gasteiger partial charge is 0.311 e. The fourth-order valence-corrected chi connectivity index (χ4v) is 2.03. The van der Waals surface area contributed by atoms with Gasteiger partial charge in [0.25, 0.3) is 0 Å². The zero-order valence-electron chi connectivity index (χ0n) is 9.69. The molecule has 0 fully saturated rings. The second-order valence-corrected chi connectivity index (χ2v) is 5.05. The van der Waals surface area contributed by atoms with Crippen LogP contribution in [-0.2, 0) is 0 Å². The van der Waals surface area contributed by atoms with Crippen molar-refractivity contribution in [1.82, 2.24) is 5.32 Å². The molecular formula is C11H16N2O2S. The molecular weight excluding hydrogens is 224 g/mol. The predicted octanol–water partition coefficient (Wildman–Crippen LogP) is 3.06. The van der Waals surface area contributed by atoms with E-state index in [1.807, 2.05) is 13.0 Å². The molecule has 0 bridgehead atoms. The molecule has 0 saturated heterocycles. The Morgan fingerprint density at radius 1 is 1.62 bits per heavy atom. The van der Waals surface area contributed by atoms with Crippen LogP contribution in [0.1, 0.15) is 25.6 Å². The summed E-state index contributed by atoms with van der Waals surface area (Å²) in [6, 6.07) is 3.77. The average Bonchev–Trinajstić information content (AvgIpc) is 2.63. The molecule has 0 spiro atoms. The average molecular weight is 240 g/mol. The highest BCUT2D eigenvalue weighted by molar-refractivity contribution is 7.16. The Hall–Kier alpha value is -1.20. The van der Waals surface area contributed by atoms with Crippen LogP contribution in [0.15, 0.2) is 17.7 Å². The van der Waals surface area contributed by atoms with Crippen LogP contribution in [0.5, 0.6) is 0 Å². The SMILES string of the molecule is C/C(=C\c1ccc([N+](=O)[O-])s1)CNC(C)C. The number of hydrogen-bond acceptors (Lipinski definition) is 4. The van der Waals surface area contributed by atoms with Gasteiger partial charge in [0, 0.05) is 23.5 Å². The summed E-state index contributed by atoms with van der Waals surface area (Å²) in [6.45, 7) is 7.00. The summed E-state index contributed by atoms with van der Waals surface area (Å²) in [5, 5.41) is 14.0. The summed E-state index contributed by atoms with van der Waals surface area (Å²) < 4.78 is 0. The fraction of sp³-hybridized carbons (Fsp3) is 0.455. The summed E-state index contributed by atoms with van der Waals surface area (Å²) in [5.74, 6) is 0. The molecule has 0 amide bonds. The van der Waals surface area contributed by atoms with Gasteiger partial charge in [-0.25, -0.2) is 0 Å². The van der Waals surface area contributed by atoms with Gasteiger partial charge >= 0.3 is 5.00 Å². The van der Waals surface area contributed by atoms with E-state index in [0.717, 1.165) is 11.4 Å². The molecule has 0 aliphatic heterocycles. The highest BCUT2D eigenvalue weighted by Gasteiger charge is 2.08. The van der Waals surface area contributed by atoms with Gasteiger partial charge in [-0.2, -0.15) is 0 Å². The largest absolute Gasteiger partial charge is 0.324 e. The molecule has 1 aromatic rings. The zero-order valence-corrected chi connectivity index (χ0v) is 10.5. The van der Waals surface area contributed by atoms with Crippen molar-refractivity contribution in [3.63, 3.8) is 0 Å². The molecule has 88 valence electrons. The number of nitro groups is 1. The Balaban J connectivity index is 2.63. The summed E-state index contributed by atoms with van der Waals surface area (Å²) in [7, 11) is 0. The summed E-state index contributed by atoms with van der Waals surface area (Å²) in [4.78, 5) is 11.1. The van der Waals surface area contributed by atoms with Gasteiger partial charge in [-0.15, -0.1) is 0 Å². The molecule has 0 atom stereocenters. The Kier molecular flexibility index (Phi) is 4.64. The van der Waals surface area contributed by atoms with Crippen LogP contribution < -0.4 is 5.32 Å². The first-order valence-corrected chi connectivity index (χ1v) is 5.95. The van der Waals surface area contributed by atoms with Crippen molar-refractivity contribution in [3.8, 4) is 0 Å². The van der Waals surface area contributed by atoms with Gasteiger partial charge < -0.3 is 5.32 Å². The van der Waals surface area contributed by atoms with Crippen LogP contribution in [0.2, 0.25) is 0 Å². The molecule has 1 aromatic heterocycles. The quantitative estimate of drug-likeness (QED) is 0.635. The lowest BCUT2D eigenvalue weighted by Crippen LogP contribution is -2.24. The van der Waals surface area contributed by atoms with Crippen molar-refractivity contribution in [2.24, 2.45) is 0 Å². The van der Waals surface area contributed by atoms with Gasteiger partial charge in [0.15, 0.2) is 0 Å². The molecule has 1 N–H and O–H groups in total. The second-order valence-electron chi connectivity index (χ2n) is 3.96. The number of thiophene rings is 1. The third-order valence-corrected chi connectivity index (χ3v) is 2.95. The van der Waals surface area contributed by atoms with Crippen molar-refractivity contribution in [1.29, 1.82) is 0 Å². The number of hydrogen-bond donors (Lipinski definition) is 1. The predicted molar refractivity (Wildman–Crippen MR) is 67.8 cm³/mol. The minimum atomic E-state index is -0.357. The maximum atomic E-state index is 10.5. The van der Waals surface area contributed by atoms with E-state index in [2.05, 4.69) is 19.2 Å². The molecule has 0 aromatic carbocycles.